The van der Waals surface area contributed by atoms with Crippen molar-refractivity contribution in [3.05, 3.63) is 70.7 Å². The van der Waals surface area contributed by atoms with Crippen LogP contribution in [-0.2, 0) is 16.0 Å². The van der Waals surface area contributed by atoms with Crippen LogP contribution in [0.3, 0.4) is 0 Å². The van der Waals surface area contributed by atoms with Gasteiger partial charge in [0.15, 0.2) is 0 Å². The molecule has 0 unspecified atom stereocenters. The van der Waals surface area contributed by atoms with Crippen molar-refractivity contribution in [3.63, 3.8) is 0 Å². The highest BCUT2D eigenvalue weighted by molar-refractivity contribution is 7.13. The highest BCUT2D eigenvalue weighted by Gasteiger charge is 2.16. The number of benzene rings is 2. The zero-order chi connectivity index (χ0) is 20.1. The fourth-order valence-corrected chi connectivity index (χ4v) is 3.55. The highest BCUT2D eigenvalue weighted by atomic mass is 32.1. The number of aromatic nitrogens is 1. The molecule has 5 nitrogen and oxygen atoms in total. The van der Waals surface area contributed by atoms with Crippen LogP contribution in [0.4, 0.5) is 5.69 Å². The van der Waals surface area contributed by atoms with Crippen LogP contribution in [0.25, 0.3) is 10.6 Å². The van der Waals surface area contributed by atoms with E-state index >= 15 is 0 Å². The Morgan fingerprint density at radius 2 is 1.82 bits per heavy atom. The summed E-state index contributed by atoms with van der Waals surface area (Å²) in [4.78, 5) is 30.6. The van der Waals surface area contributed by atoms with Gasteiger partial charge in [0, 0.05) is 23.7 Å². The van der Waals surface area contributed by atoms with Gasteiger partial charge in [0.1, 0.15) is 5.01 Å². The second-order valence-corrected chi connectivity index (χ2v) is 7.71. The van der Waals surface area contributed by atoms with E-state index in [0.717, 1.165) is 27.5 Å². The van der Waals surface area contributed by atoms with Crippen LogP contribution in [0.2, 0.25) is 0 Å². The predicted molar refractivity (Wildman–Crippen MR) is 113 cm³/mol. The molecule has 0 atom stereocenters. The second-order valence-electron chi connectivity index (χ2n) is 6.85. The lowest BCUT2D eigenvalue weighted by Gasteiger charge is -2.16. The first kappa shape index (κ1) is 19.8. The number of thiazole rings is 1. The molecule has 1 N–H and O–H groups in total. The lowest BCUT2D eigenvalue weighted by Crippen LogP contribution is -2.35. The van der Waals surface area contributed by atoms with Crippen LogP contribution in [-0.4, -0.2) is 35.3 Å². The average Bonchev–Trinajstić information content (AvgIpc) is 3.12. The molecule has 1 heterocycles. The summed E-state index contributed by atoms with van der Waals surface area (Å²) in [6.07, 6.45) is 0.177. The molecule has 0 aliphatic carbocycles. The van der Waals surface area contributed by atoms with Crippen molar-refractivity contribution in [1.82, 2.24) is 9.88 Å². The topological polar surface area (TPSA) is 62.3 Å². The molecule has 3 aromatic rings. The molecule has 3 rings (SSSR count). The van der Waals surface area contributed by atoms with Gasteiger partial charge in [0.2, 0.25) is 11.8 Å². The molecular weight excluding hydrogens is 370 g/mol. The Hall–Kier alpha value is -2.99. The first-order valence-corrected chi connectivity index (χ1v) is 9.90. The van der Waals surface area contributed by atoms with Gasteiger partial charge in [-0.05, 0) is 32.0 Å². The number of hydrogen-bond donors (Lipinski definition) is 1. The molecule has 0 bridgehead atoms. The summed E-state index contributed by atoms with van der Waals surface area (Å²) in [5, 5.41) is 5.60. The third-order valence-corrected chi connectivity index (χ3v) is 5.23. The second kappa shape index (κ2) is 8.80. The van der Waals surface area contributed by atoms with Gasteiger partial charge in [0.05, 0.1) is 18.7 Å². The van der Waals surface area contributed by atoms with E-state index in [2.05, 4.69) is 16.4 Å². The van der Waals surface area contributed by atoms with Crippen LogP contribution in [0.5, 0.6) is 0 Å². The molecule has 0 aliphatic rings. The number of anilines is 1. The maximum Gasteiger partial charge on any atom is 0.243 e. The van der Waals surface area contributed by atoms with Gasteiger partial charge in [-0.25, -0.2) is 4.98 Å². The maximum atomic E-state index is 12.5. The average molecular weight is 394 g/mol. The van der Waals surface area contributed by atoms with E-state index in [1.54, 1.807) is 7.05 Å². The molecule has 0 aliphatic heterocycles. The first-order valence-electron chi connectivity index (χ1n) is 9.02. The Balaban J connectivity index is 1.55. The lowest BCUT2D eigenvalue weighted by atomic mass is 10.1. The number of carbonyl (C=O) groups is 2. The molecule has 2 amide bonds. The zero-order valence-electron chi connectivity index (χ0n) is 16.2. The number of hydrogen-bond acceptors (Lipinski definition) is 4. The third kappa shape index (κ3) is 5.27. The summed E-state index contributed by atoms with van der Waals surface area (Å²) in [7, 11) is 1.63. The summed E-state index contributed by atoms with van der Waals surface area (Å²) in [5.74, 6) is -0.362. The van der Waals surface area contributed by atoms with E-state index in [1.807, 2.05) is 61.7 Å². The minimum Gasteiger partial charge on any atom is -0.336 e. The first-order chi connectivity index (χ1) is 13.4. The molecule has 0 spiro atoms. The summed E-state index contributed by atoms with van der Waals surface area (Å²) < 4.78 is 0. The number of nitrogens with zero attached hydrogens (tertiary/aromatic N) is 2. The largest absolute Gasteiger partial charge is 0.336 e. The number of likely N-dealkylation sites (N-methyl/N-ethyl adjacent to an activating group) is 1. The highest BCUT2D eigenvalue weighted by Crippen LogP contribution is 2.24. The molecule has 1 aromatic heterocycles. The summed E-state index contributed by atoms with van der Waals surface area (Å²) in [6.45, 7) is 4.03. The number of amides is 2. The molecular formula is C22H23N3O2S. The van der Waals surface area contributed by atoms with Crippen molar-refractivity contribution in [2.45, 2.75) is 20.3 Å². The molecule has 0 saturated heterocycles. The van der Waals surface area contributed by atoms with E-state index in [9.17, 15) is 9.59 Å². The minimum absolute atomic E-state index is 0.00157. The summed E-state index contributed by atoms with van der Waals surface area (Å²) >= 11 is 1.52. The Morgan fingerprint density at radius 3 is 2.54 bits per heavy atom. The standard InChI is InChI=1S/C22H23N3O2S/c1-15-7-9-18(10-8-15)23-20(26)13-25(3)21(27)12-19-14-28-22(24-19)17-6-4-5-16(2)11-17/h4-11,14H,12-13H2,1-3H3,(H,23,26). The zero-order valence-corrected chi connectivity index (χ0v) is 17.0. The van der Waals surface area contributed by atoms with Gasteiger partial charge >= 0.3 is 0 Å². The Labute approximate surface area is 169 Å². The molecule has 144 valence electrons. The molecule has 28 heavy (non-hydrogen) atoms. The van der Waals surface area contributed by atoms with Crippen LogP contribution >= 0.6 is 11.3 Å². The van der Waals surface area contributed by atoms with Gasteiger partial charge in [-0.2, -0.15) is 0 Å². The van der Waals surface area contributed by atoms with Crippen molar-refractivity contribution >= 4 is 28.8 Å². The third-order valence-electron chi connectivity index (χ3n) is 4.29. The van der Waals surface area contributed by atoms with E-state index in [1.165, 1.54) is 21.8 Å². The predicted octanol–water partition coefficient (Wildman–Crippen LogP) is 4.07. The normalized spacial score (nSPS) is 10.5. The SMILES string of the molecule is Cc1ccc(NC(=O)CN(C)C(=O)Cc2csc(-c3cccc(C)c3)n2)cc1. The van der Waals surface area contributed by atoms with Crippen LogP contribution < -0.4 is 5.32 Å². The summed E-state index contributed by atoms with van der Waals surface area (Å²) in [6, 6.07) is 15.7. The van der Waals surface area contributed by atoms with Crippen molar-refractivity contribution < 1.29 is 9.59 Å². The van der Waals surface area contributed by atoms with Crippen molar-refractivity contribution in [2.75, 3.05) is 18.9 Å². The van der Waals surface area contributed by atoms with Crippen LogP contribution in [0.15, 0.2) is 53.9 Å². The fraction of sp³-hybridized carbons (Fsp3) is 0.227. The van der Waals surface area contributed by atoms with Gasteiger partial charge < -0.3 is 10.2 Å². The van der Waals surface area contributed by atoms with E-state index in [-0.39, 0.29) is 24.8 Å². The fourth-order valence-electron chi connectivity index (χ4n) is 2.73. The Morgan fingerprint density at radius 1 is 1.07 bits per heavy atom. The van der Waals surface area contributed by atoms with Gasteiger partial charge in [-0.3, -0.25) is 9.59 Å². The number of aryl methyl sites for hydroxylation is 2. The van der Waals surface area contributed by atoms with E-state index in [0.29, 0.717) is 0 Å². The van der Waals surface area contributed by atoms with E-state index < -0.39 is 0 Å². The molecule has 6 heteroatoms. The van der Waals surface area contributed by atoms with Gasteiger partial charge in [0.25, 0.3) is 0 Å². The number of carbonyl (C=O) groups excluding carboxylic acids is 2. The van der Waals surface area contributed by atoms with Gasteiger partial charge in [-0.1, -0.05) is 41.5 Å². The molecule has 0 saturated carbocycles. The maximum absolute atomic E-state index is 12.5. The van der Waals surface area contributed by atoms with E-state index in [4.69, 9.17) is 0 Å². The van der Waals surface area contributed by atoms with Gasteiger partial charge in [-0.15, -0.1) is 11.3 Å². The Bertz CT molecular complexity index is 979. The van der Waals surface area contributed by atoms with Crippen molar-refractivity contribution in [3.8, 4) is 10.6 Å². The number of nitrogens with one attached hydrogen (secondary N) is 1. The quantitative estimate of drug-likeness (QED) is 0.687. The molecule has 2 aromatic carbocycles. The summed E-state index contributed by atoms with van der Waals surface area (Å²) in [5.41, 5.74) is 4.79. The van der Waals surface area contributed by atoms with Crippen LogP contribution in [0, 0.1) is 13.8 Å². The molecule has 0 fully saturated rings. The number of rotatable bonds is 6. The van der Waals surface area contributed by atoms with Crippen LogP contribution in [0.1, 0.15) is 16.8 Å². The monoisotopic (exact) mass is 393 g/mol. The smallest absolute Gasteiger partial charge is 0.243 e. The van der Waals surface area contributed by atoms with Crippen molar-refractivity contribution in [1.29, 1.82) is 0 Å². The minimum atomic E-state index is -0.224. The van der Waals surface area contributed by atoms with Crippen molar-refractivity contribution in [2.24, 2.45) is 0 Å². The lowest BCUT2D eigenvalue weighted by molar-refractivity contribution is -0.132. The molecule has 0 radical (unpaired) electrons. The Kier molecular flexibility index (Phi) is 6.21.